The Balaban J connectivity index is 2.07. The molecule has 0 aliphatic heterocycles. The third kappa shape index (κ3) is 5.79. The number of rotatable bonds is 9. The highest BCUT2D eigenvalue weighted by Gasteiger charge is 2.32. The maximum absolute atomic E-state index is 4.99. The Hall–Kier alpha value is -1.39. The zero-order valence-corrected chi connectivity index (χ0v) is 18.7. The van der Waals surface area contributed by atoms with Crippen LogP contribution in [-0.2, 0) is 13.0 Å². The lowest BCUT2D eigenvalue weighted by Gasteiger charge is -2.40. The maximum Gasteiger partial charge on any atom is 0.113 e. The molecule has 0 aliphatic carbocycles. The third-order valence-electron chi connectivity index (χ3n) is 5.84. The Morgan fingerprint density at radius 3 is 2.37 bits per heavy atom. The third-order valence-corrected chi connectivity index (χ3v) is 5.84. The number of nitrogens with one attached hydrogen (secondary N) is 2. The molecule has 0 aromatic carbocycles. The Kier molecular flexibility index (Phi) is 7.09. The van der Waals surface area contributed by atoms with Crippen molar-refractivity contribution in [2.45, 2.75) is 73.9 Å². The summed E-state index contributed by atoms with van der Waals surface area (Å²) in [5.74, 6) is 2.33. The molecule has 0 radical (unpaired) electrons. The van der Waals surface area contributed by atoms with Gasteiger partial charge in [0.25, 0.3) is 0 Å². The average Bonchev–Trinajstić information content (AvgIpc) is 2.90. The zero-order valence-electron chi connectivity index (χ0n) is 18.7. The molecule has 2 aromatic heterocycles. The summed E-state index contributed by atoms with van der Waals surface area (Å²) in [4.78, 5) is 4.99. The largest absolute Gasteiger partial charge is 0.311 e. The second-order valence-corrected chi connectivity index (χ2v) is 10.0. The molecule has 2 rings (SSSR count). The van der Waals surface area contributed by atoms with Gasteiger partial charge in [-0.3, -0.25) is 0 Å². The molecule has 152 valence electrons. The van der Waals surface area contributed by atoms with Crippen LogP contribution in [0.5, 0.6) is 0 Å². The smallest absolute Gasteiger partial charge is 0.113 e. The lowest BCUT2D eigenvalue weighted by Crippen LogP contribution is -2.51. The van der Waals surface area contributed by atoms with Gasteiger partial charge in [0.2, 0.25) is 0 Å². The lowest BCUT2D eigenvalue weighted by atomic mass is 9.76. The Morgan fingerprint density at radius 2 is 1.74 bits per heavy atom. The summed E-state index contributed by atoms with van der Waals surface area (Å²) < 4.78 is 2.26. The molecule has 1 atom stereocenters. The molecule has 0 saturated carbocycles. The molecular formula is C23H40N4. The first-order valence-corrected chi connectivity index (χ1v) is 10.4. The standard InChI is InChI=1S/C23H40N4/c1-17(2)14-24-16-19-20-11-9-10-12-27(20)21(26-19)13-18(3)15-25-23(7,8)22(4,5)6/h9-12,17-18,24-25H,13-16H2,1-8H3. The van der Waals surface area contributed by atoms with Crippen LogP contribution in [0.15, 0.2) is 24.4 Å². The van der Waals surface area contributed by atoms with Gasteiger partial charge >= 0.3 is 0 Å². The minimum absolute atomic E-state index is 0.0991. The van der Waals surface area contributed by atoms with E-state index in [0.717, 1.165) is 37.6 Å². The Bertz CT molecular complexity index is 722. The van der Waals surface area contributed by atoms with Gasteiger partial charge < -0.3 is 15.0 Å². The molecule has 0 fully saturated rings. The number of pyridine rings is 1. The fourth-order valence-corrected chi connectivity index (χ4v) is 3.00. The van der Waals surface area contributed by atoms with Crippen LogP contribution in [0.3, 0.4) is 0 Å². The van der Waals surface area contributed by atoms with E-state index in [2.05, 4.69) is 94.8 Å². The predicted octanol–water partition coefficient (Wildman–Crippen LogP) is 4.67. The lowest BCUT2D eigenvalue weighted by molar-refractivity contribution is 0.169. The fraction of sp³-hybridized carbons (Fsp3) is 0.696. The minimum atomic E-state index is 0.0991. The van der Waals surface area contributed by atoms with Gasteiger partial charge in [-0.25, -0.2) is 4.98 Å². The van der Waals surface area contributed by atoms with Crippen LogP contribution in [0, 0.1) is 17.3 Å². The monoisotopic (exact) mass is 372 g/mol. The van der Waals surface area contributed by atoms with Crippen LogP contribution in [0.1, 0.15) is 66.9 Å². The highest BCUT2D eigenvalue weighted by atomic mass is 15.0. The number of aromatic nitrogens is 2. The Morgan fingerprint density at radius 1 is 1.04 bits per heavy atom. The van der Waals surface area contributed by atoms with E-state index in [0.29, 0.717) is 11.8 Å². The summed E-state index contributed by atoms with van der Waals surface area (Å²) in [7, 11) is 0. The molecule has 0 spiro atoms. The second kappa shape index (κ2) is 8.74. The topological polar surface area (TPSA) is 41.4 Å². The van der Waals surface area contributed by atoms with Crippen molar-refractivity contribution in [1.82, 2.24) is 20.0 Å². The summed E-state index contributed by atoms with van der Waals surface area (Å²) in [5, 5.41) is 7.30. The van der Waals surface area contributed by atoms with Crippen molar-refractivity contribution in [1.29, 1.82) is 0 Å². The molecule has 4 heteroatoms. The van der Waals surface area contributed by atoms with Crippen LogP contribution in [0.4, 0.5) is 0 Å². The molecule has 2 N–H and O–H groups in total. The summed E-state index contributed by atoms with van der Waals surface area (Å²) in [6.07, 6.45) is 3.12. The Labute approximate surface area is 166 Å². The molecule has 0 saturated heterocycles. The van der Waals surface area contributed by atoms with Gasteiger partial charge in [-0.15, -0.1) is 0 Å². The average molecular weight is 373 g/mol. The van der Waals surface area contributed by atoms with Gasteiger partial charge in [0.05, 0.1) is 11.2 Å². The van der Waals surface area contributed by atoms with Crippen molar-refractivity contribution in [3.63, 3.8) is 0 Å². The van der Waals surface area contributed by atoms with Crippen LogP contribution >= 0.6 is 0 Å². The maximum atomic E-state index is 4.99. The predicted molar refractivity (Wildman–Crippen MR) is 116 cm³/mol. The number of nitrogens with zero attached hydrogens (tertiary/aromatic N) is 2. The van der Waals surface area contributed by atoms with Crippen molar-refractivity contribution in [2.24, 2.45) is 17.3 Å². The van der Waals surface area contributed by atoms with E-state index in [1.165, 1.54) is 5.52 Å². The minimum Gasteiger partial charge on any atom is -0.311 e. The SMILES string of the molecule is CC(C)CNCc1nc(CC(C)CNC(C)(C)C(C)(C)C)n2ccccc12. The van der Waals surface area contributed by atoms with Gasteiger partial charge in [0, 0.05) is 24.7 Å². The molecule has 0 amide bonds. The summed E-state index contributed by atoms with van der Waals surface area (Å²) >= 11 is 0. The summed E-state index contributed by atoms with van der Waals surface area (Å²) in [5.41, 5.74) is 2.70. The zero-order chi connectivity index (χ0) is 20.2. The first kappa shape index (κ1) is 21.9. The van der Waals surface area contributed by atoms with Crippen molar-refractivity contribution in [3.8, 4) is 0 Å². The van der Waals surface area contributed by atoms with E-state index in [1.54, 1.807) is 0 Å². The number of hydrogen-bond acceptors (Lipinski definition) is 3. The van der Waals surface area contributed by atoms with Crippen molar-refractivity contribution in [3.05, 3.63) is 35.9 Å². The molecular weight excluding hydrogens is 332 g/mol. The van der Waals surface area contributed by atoms with Crippen molar-refractivity contribution >= 4 is 5.52 Å². The molecule has 27 heavy (non-hydrogen) atoms. The number of imidazole rings is 1. The van der Waals surface area contributed by atoms with Crippen LogP contribution in [0.2, 0.25) is 0 Å². The van der Waals surface area contributed by atoms with Gasteiger partial charge in [0.1, 0.15) is 5.82 Å². The van der Waals surface area contributed by atoms with Gasteiger partial charge in [-0.05, 0) is 56.3 Å². The first-order valence-electron chi connectivity index (χ1n) is 10.4. The van der Waals surface area contributed by atoms with Crippen LogP contribution in [-0.4, -0.2) is 28.0 Å². The molecule has 1 unspecified atom stereocenters. The molecule has 2 heterocycles. The molecule has 2 aromatic rings. The van der Waals surface area contributed by atoms with E-state index in [4.69, 9.17) is 4.98 Å². The fourth-order valence-electron chi connectivity index (χ4n) is 3.00. The van der Waals surface area contributed by atoms with E-state index in [-0.39, 0.29) is 11.0 Å². The van der Waals surface area contributed by atoms with Crippen LogP contribution < -0.4 is 10.6 Å². The molecule has 0 bridgehead atoms. The molecule has 0 aliphatic rings. The van der Waals surface area contributed by atoms with Gasteiger partial charge in [-0.1, -0.05) is 47.6 Å². The normalized spacial score (nSPS) is 14.3. The van der Waals surface area contributed by atoms with E-state index in [1.807, 2.05) is 0 Å². The van der Waals surface area contributed by atoms with Crippen LogP contribution in [0.25, 0.3) is 5.52 Å². The number of hydrogen-bond donors (Lipinski definition) is 2. The summed E-state index contributed by atoms with van der Waals surface area (Å²) in [6, 6.07) is 6.37. The van der Waals surface area contributed by atoms with Gasteiger partial charge in [0.15, 0.2) is 0 Å². The van der Waals surface area contributed by atoms with Crippen molar-refractivity contribution < 1.29 is 0 Å². The van der Waals surface area contributed by atoms with E-state index < -0.39 is 0 Å². The van der Waals surface area contributed by atoms with Crippen molar-refractivity contribution in [2.75, 3.05) is 13.1 Å². The highest BCUT2D eigenvalue weighted by Crippen LogP contribution is 2.29. The number of fused-ring (bicyclic) bond motifs is 1. The highest BCUT2D eigenvalue weighted by molar-refractivity contribution is 5.53. The van der Waals surface area contributed by atoms with E-state index in [9.17, 15) is 0 Å². The quantitative estimate of drug-likeness (QED) is 0.672. The second-order valence-electron chi connectivity index (χ2n) is 10.0. The molecule has 4 nitrogen and oxygen atoms in total. The van der Waals surface area contributed by atoms with Gasteiger partial charge in [-0.2, -0.15) is 0 Å². The summed E-state index contributed by atoms with van der Waals surface area (Å²) in [6.45, 7) is 21.1. The van der Waals surface area contributed by atoms with E-state index >= 15 is 0 Å². The first-order chi connectivity index (χ1) is 12.5.